The van der Waals surface area contributed by atoms with E-state index in [2.05, 4.69) is 17.3 Å². The van der Waals surface area contributed by atoms with Crippen molar-refractivity contribution in [3.8, 4) is 0 Å². The van der Waals surface area contributed by atoms with Crippen molar-refractivity contribution >= 4 is 11.3 Å². The summed E-state index contributed by atoms with van der Waals surface area (Å²) in [4.78, 5) is 4.69. The van der Waals surface area contributed by atoms with Gasteiger partial charge in [-0.05, 0) is 18.8 Å². The van der Waals surface area contributed by atoms with Gasteiger partial charge in [-0.3, -0.25) is 0 Å². The Morgan fingerprint density at radius 3 is 3.12 bits per heavy atom. The maximum atomic E-state index is 5.12. The van der Waals surface area contributed by atoms with Crippen LogP contribution in [0.3, 0.4) is 0 Å². The number of thiazole rings is 1. The Kier molecular flexibility index (Phi) is 4.36. The van der Waals surface area contributed by atoms with Crippen molar-refractivity contribution < 1.29 is 4.74 Å². The summed E-state index contributed by atoms with van der Waals surface area (Å²) >= 11 is 1.82. The number of methoxy groups -OCH3 is 1. The summed E-state index contributed by atoms with van der Waals surface area (Å²) in [5, 5.41) is 3.49. The number of nitrogens with zero attached hydrogens (tertiary/aromatic N) is 1. The molecule has 16 heavy (non-hydrogen) atoms. The smallest absolute Gasteiger partial charge is 0.0960 e. The monoisotopic (exact) mass is 239 g/mol. The Hall–Kier alpha value is -0.410. The Labute approximate surface area is 102 Å². The molecule has 1 aromatic heterocycles. The highest BCUT2D eigenvalue weighted by atomic mass is 32.1. The van der Waals surface area contributed by atoms with E-state index in [-0.39, 0.29) is 0 Å². The number of aromatic nitrogens is 1. The van der Waals surface area contributed by atoms with Crippen molar-refractivity contribution in [2.45, 2.75) is 51.6 Å². The third-order valence-corrected chi connectivity index (χ3v) is 4.63. The molecular formula is C13H21NOS. The lowest BCUT2D eigenvalue weighted by atomic mass is 9.80. The Balaban J connectivity index is 1.99. The van der Waals surface area contributed by atoms with Crippen molar-refractivity contribution in [3.05, 3.63) is 16.1 Å². The van der Waals surface area contributed by atoms with E-state index in [1.807, 2.05) is 11.3 Å². The lowest BCUT2D eigenvalue weighted by molar-refractivity contribution is 0.181. The summed E-state index contributed by atoms with van der Waals surface area (Å²) in [5.74, 6) is 1.64. The van der Waals surface area contributed by atoms with Crippen LogP contribution in [0.1, 0.15) is 55.6 Å². The molecule has 2 unspecified atom stereocenters. The molecule has 2 rings (SSSR count). The van der Waals surface area contributed by atoms with Crippen molar-refractivity contribution in [3.63, 3.8) is 0 Å². The quantitative estimate of drug-likeness (QED) is 0.793. The fraction of sp³-hybridized carbons (Fsp3) is 0.769. The van der Waals surface area contributed by atoms with Crippen LogP contribution < -0.4 is 0 Å². The van der Waals surface area contributed by atoms with E-state index in [1.165, 1.54) is 37.1 Å². The highest BCUT2D eigenvalue weighted by molar-refractivity contribution is 7.09. The van der Waals surface area contributed by atoms with Crippen molar-refractivity contribution in [2.75, 3.05) is 7.11 Å². The van der Waals surface area contributed by atoms with E-state index < -0.39 is 0 Å². The van der Waals surface area contributed by atoms with E-state index in [9.17, 15) is 0 Å². The van der Waals surface area contributed by atoms with Gasteiger partial charge >= 0.3 is 0 Å². The first-order valence-electron chi connectivity index (χ1n) is 6.26. The molecule has 1 fully saturated rings. The molecule has 1 aliphatic carbocycles. The zero-order chi connectivity index (χ0) is 11.4. The lowest BCUT2D eigenvalue weighted by Gasteiger charge is -2.26. The maximum Gasteiger partial charge on any atom is 0.0960 e. The molecule has 0 spiro atoms. The summed E-state index contributed by atoms with van der Waals surface area (Å²) in [6, 6.07) is 0. The Morgan fingerprint density at radius 1 is 1.50 bits per heavy atom. The molecule has 0 radical (unpaired) electrons. The maximum absolute atomic E-state index is 5.12. The second-order valence-electron chi connectivity index (χ2n) is 4.75. The van der Waals surface area contributed by atoms with Crippen LogP contribution in [0.5, 0.6) is 0 Å². The molecule has 1 heterocycles. The van der Waals surface area contributed by atoms with Crippen LogP contribution in [0.15, 0.2) is 5.38 Å². The fourth-order valence-electron chi connectivity index (χ4n) is 2.61. The number of rotatable bonds is 4. The molecule has 90 valence electrons. The van der Waals surface area contributed by atoms with Crippen LogP contribution in [0.4, 0.5) is 0 Å². The summed E-state index contributed by atoms with van der Waals surface area (Å²) in [5.41, 5.74) is 1.10. The predicted molar refractivity (Wildman–Crippen MR) is 67.8 cm³/mol. The molecule has 1 aliphatic rings. The van der Waals surface area contributed by atoms with Gasteiger partial charge in [-0.1, -0.05) is 26.2 Å². The summed E-state index contributed by atoms with van der Waals surface area (Å²) in [6.45, 7) is 2.96. The van der Waals surface area contributed by atoms with Crippen LogP contribution in [-0.4, -0.2) is 12.1 Å². The predicted octanol–water partition coefficient (Wildman–Crippen LogP) is 3.97. The summed E-state index contributed by atoms with van der Waals surface area (Å²) in [6.07, 6.45) is 6.80. The van der Waals surface area contributed by atoms with Gasteiger partial charge in [-0.2, -0.15) is 0 Å². The first-order valence-corrected chi connectivity index (χ1v) is 7.14. The van der Waals surface area contributed by atoms with Crippen LogP contribution in [0.25, 0.3) is 0 Å². The van der Waals surface area contributed by atoms with Crippen LogP contribution in [0, 0.1) is 5.92 Å². The fourth-order valence-corrected chi connectivity index (χ4v) is 3.56. The zero-order valence-electron chi connectivity index (χ0n) is 10.2. The van der Waals surface area contributed by atoms with E-state index >= 15 is 0 Å². The van der Waals surface area contributed by atoms with Crippen molar-refractivity contribution in [2.24, 2.45) is 5.92 Å². The minimum absolute atomic E-state index is 0.653. The molecule has 0 aromatic carbocycles. The van der Waals surface area contributed by atoms with Gasteiger partial charge in [0.15, 0.2) is 0 Å². The topological polar surface area (TPSA) is 22.1 Å². The normalized spacial score (nSPS) is 25.9. The third-order valence-electron chi connectivity index (χ3n) is 3.57. The average molecular weight is 239 g/mol. The van der Waals surface area contributed by atoms with Gasteiger partial charge in [0.2, 0.25) is 0 Å². The molecule has 0 bridgehead atoms. The van der Waals surface area contributed by atoms with Gasteiger partial charge in [-0.15, -0.1) is 11.3 Å². The first kappa shape index (κ1) is 12.1. The van der Waals surface area contributed by atoms with Crippen LogP contribution in [0.2, 0.25) is 0 Å². The number of hydrogen-bond acceptors (Lipinski definition) is 3. The molecule has 1 aromatic rings. The average Bonchev–Trinajstić information content (AvgIpc) is 2.78. The highest BCUT2D eigenvalue weighted by Gasteiger charge is 2.24. The molecule has 2 atom stereocenters. The standard InChI is InChI=1S/C13H21NOS/c1-3-10-5-4-6-11(7-10)13-14-12(8-15-2)9-16-13/h9-11H,3-8H2,1-2H3. The summed E-state index contributed by atoms with van der Waals surface area (Å²) in [7, 11) is 1.73. The van der Waals surface area contributed by atoms with E-state index in [4.69, 9.17) is 4.74 Å². The van der Waals surface area contributed by atoms with Crippen LogP contribution >= 0.6 is 11.3 Å². The molecule has 3 heteroatoms. The van der Waals surface area contributed by atoms with E-state index in [0.717, 1.165) is 11.6 Å². The molecular weight excluding hydrogens is 218 g/mol. The Morgan fingerprint density at radius 2 is 2.38 bits per heavy atom. The molecule has 0 saturated heterocycles. The molecule has 0 N–H and O–H groups in total. The highest BCUT2D eigenvalue weighted by Crippen LogP contribution is 2.38. The molecule has 0 amide bonds. The lowest BCUT2D eigenvalue weighted by Crippen LogP contribution is -2.13. The van der Waals surface area contributed by atoms with Gasteiger partial charge in [0, 0.05) is 18.4 Å². The molecule has 1 saturated carbocycles. The zero-order valence-corrected chi connectivity index (χ0v) is 11.1. The third kappa shape index (κ3) is 2.83. The largest absolute Gasteiger partial charge is 0.378 e. The van der Waals surface area contributed by atoms with Gasteiger partial charge in [-0.25, -0.2) is 4.98 Å². The Bertz CT molecular complexity index is 323. The number of hydrogen-bond donors (Lipinski definition) is 0. The van der Waals surface area contributed by atoms with E-state index in [1.54, 1.807) is 7.11 Å². The van der Waals surface area contributed by atoms with Crippen LogP contribution in [-0.2, 0) is 11.3 Å². The van der Waals surface area contributed by atoms with Gasteiger partial charge in [0.05, 0.1) is 17.3 Å². The van der Waals surface area contributed by atoms with Gasteiger partial charge < -0.3 is 4.74 Å². The van der Waals surface area contributed by atoms with Crippen molar-refractivity contribution in [1.82, 2.24) is 4.98 Å². The van der Waals surface area contributed by atoms with Gasteiger partial charge in [0.25, 0.3) is 0 Å². The summed E-state index contributed by atoms with van der Waals surface area (Å²) < 4.78 is 5.12. The van der Waals surface area contributed by atoms with E-state index in [0.29, 0.717) is 12.5 Å². The molecule has 2 nitrogen and oxygen atoms in total. The van der Waals surface area contributed by atoms with Crippen molar-refractivity contribution in [1.29, 1.82) is 0 Å². The minimum atomic E-state index is 0.653. The molecule has 0 aliphatic heterocycles. The SMILES string of the molecule is CCC1CCCC(c2nc(COC)cs2)C1. The first-order chi connectivity index (χ1) is 7.83. The number of ether oxygens (including phenoxy) is 1. The second-order valence-corrected chi connectivity index (χ2v) is 5.64. The van der Waals surface area contributed by atoms with Gasteiger partial charge in [0.1, 0.15) is 0 Å². The second kappa shape index (κ2) is 5.78. The minimum Gasteiger partial charge on any atom is -0.378 e.